The molecule has 0 bridgehead atoms. The fourth-order valence-electron chi connectivity index (χ4n) is 3.49. The van der Waals surface area contributed by atoms with Crippen LogP contribution in [-0.4, -0.2) is 40.7 Å². The zero-order valence-electron chi connectivity index (χ0n) is 17.3. The molecule has 1 saturated carbocycles. The van der Waals surface area contributed by atoms with E-state index in [1.165, 1.54) is 12.8 Å². The number of hydrogen-bond donors (Lipinski definition) is 0. The van der Waals surface area contributed by atoms with Crippen LogP contribution in [0.3, 0.4) is 0 Å². The van der Waals surface area contributed by atoms with E-state index in [9.17, 15) is 0 Å². The highest BCUT2D eigenvalue weighted by atomic mass is 32.2. The Morgan fingerprint density at radius 2 is 1.87 bits per heavy atom. The van der Waals surface area contributed by atoms with Crippen LogP contribution in [0.2, 0.25) is 0 Å². The molecule has 0 amide bonds. The number of aryl methyl sites for hydroxylation is 1. The molecule has 0 saturated heterocycles. The quantitative estimate of drug-likeness (QED) is 0.255. The number of furan rings is 1. The second-order valence-electron chi connectivity index (χ2n) is 7.76. The highest BCUT2D eigenvalue weighted by molar-refractivity contribution is 7.99. The minimum Gasteiger partial charge on any atom is -0.467 e. The summed E-state index contributed by atoms with van der Waals surface area (Å²) in [4.78, 5) is 1.69. The first kappa shape index (κ1) is 20.0. The van der Waals surface area contributed by atoms with Crippen molar-refractivity contribution in [2.24, 2.45) is 0 Å². The molecule has 0 radical (unpaired) electrons. The number of aromatic nitrogens is 7. The highest BCUT2D eigenvalue weighted by Crippen LogP contribution is 2.40. The number of rotatable bonds is 11. The lowest BCUT2D eigenvalue weighted by atomic mass is 10.2. The van der Waals surface area contributed by atoms with E-state index in [0.29, 0.717) is 18.3 Å². The van der Waals surface area contributed by atoms with Gasteiger partial charge in [-0.2, -0.15) is 4.80 Å². The Morgan fingerprint density at radius 1 is 0.968 bits per heavy atom. The summed E-state index contributed by atoms with van der Waals surface area (Å²) in [6, 6.07) is 13.9. The van der Waals surface area contributed by atoms with Crippen LogP contribution in [0.25, 0.3) is 11.4 Å². The summed E-state index contributed by atoms with van der Waals surface area (Å²) >= 11 is 1.78. The van der Waals surface area contributed by atoms with Gasteiger partial charge in [-0.3, -0.25) is 4.57 Å². The summed E-state index contributed by atoms with van der Waals surface area (Å²) in [5.41, 5.74) is 0.995. The number of unbranched alkanes of at least 4 members (excludes halogenated alkanes) is 2. The molecule has 1 aliphatic rings. The molecule has 0 unspecified atom stereocenters. The van der Waals surface area contributed by atoms with Crippen LogP contribution in [0.5, 0.6) is 0 Å². The van der Waals surface area contributed by atoms with E-state index in [1.807, 2.05) is 42.5 Å². The number of tetrazole rings is 1. The van der Waals surface area contributed by atoms with Crippen molar-refractivity contribution in [3.05, 3.63) is 60.3 Å². The number of nitrogens with zero attached hydrogens (tertiary/aromatic N) is 7. The second kappa shape index (κ2) is 9.47. The topological polar surface area (TPSA) is 87.5 Å². The Hall–Kier alpha value is -2.94. The predicted octanol–water partition coefficient (Wildman–Crippen LogP) is 4.41. The summed E-state index contributed by atoms with van der Waals surface area (Å²) in [7, 11) is 0. The van der Waals surface area contributed by atoms with Crippen LogP contribution in [0.1, 0.15) is 49.6 Å². The molecular formula is C22H25N7OS. The smallest absolute Gasteiger partial charge is 0.204 e. The molecule has 31 heavy (non-hydrogen) atoms. The normalized spacial score (nSPS) is 13.7. The van der Waals surface area contributed by atoms with Crippen molar-refractivity contribution < 1.29 is 4.42 Å². The van der Waals surface area contributed by atoms with Gasteiger partial charge >= 0.3 is 0 Å². The van der Waals surface area contributed by atoms with Gasteiger partial charge in [-0.05, 0) is 43.0 Å². The van der Waals surface area contributed by atoms with E-state index in [0.717, 1.165) is 53.9 Å². The van der Waals surface area contributed by atoms with Crippen molar-refractivity contribution in [2.45, 2.75) is 56.3 Å². The van der Waals surface area contributed by atoms with Gasteiger partial charge in [0.05, 0.1) is 19.4 Å². The van der Waals surface area contributed by atoms with Crippen molar-refractivity contribution in [1.29, 1.82) is 0 Å². The minimum atomic E-state index is 0.563. The van der Waals surface area contributed by atoms with Gasteiger partial charge in [-0.25, -0.2) is 0 Å². The van der Waals surface area contributed by atoms with Crippen LogP contribution in [-0.2, 0) is 13.1 Å². The molecular weight excluding hydrogens is 410 g/mol. The molecule has 5 rings (SSSR count). The predicted molar refractivity (Wildman–Crippen MR) is 118 cm³/mol. The molecule has 4 aromatic rings. The summed E-state index contributed by atoms with van der Waals surface area (Å²) in [5, 5.41) is 22.7. The molecule has 0 N–H and O–H groups in total. The summed E-state index contributed by atoms with van der Waals surface area (Å²) in [5.74, 6) is 4.30. The van der Waals surface area contributed by atoms with E-state index in [-0.39, 0.29) is 0 Å². The summed E-state index contributed by atoms with van der Waals surface area (Å²) in [6.45, 7) is 1.49. The van der Waals surface area contributed by atoms with Gasteiger partial charge in [-0.15, -0.1) is 20.4 Å². The van der Waals surface area contributed by atoms with E-state index in [2.05, 4.69) is 30.2 Å². The molecule has 8 nitrogen and oxygen atoms in total. The molecule has 3 aromatic heterocycles. The molecule has 1 fully saturated rings. The first-order valence-corrected chi connectivity index (χ1v) is 11.8. The first-order chi connectivity index (χ1) is 15.4. The van der Waals surface area contributed by atoms with Gasteiger partial charge in [0.25, 0.3) is 0 Å². The van der Waals surface area contributed by atoms with E-state index >= 15 is 0 Å². The average Bonchev–Trinajstić information content (AvgIpc) is 3.18. The zero-order valence-corrected chi connectivity index (χ0v) is 18.1. The Morgan fingerprint density at radius 3 is 2.68 bits per heavy atom. The second-order valence-corrected chi connectivity index (χ2v) is 8.83. The maximum Gasteiger partial charge on any atom is 0.204 e. The lowest BCUT2D eigenvalue weighted by molar-refractivity contribution is 0.478. The van der Waals surface area contributed by atoms with Crippen LogP contribution in [0.15, 0.2) is 58.3 Å². The summed E-state index contributed by atoms with van der Waals surface area (Å²) in [6.07, 6.45) is 7.38. The highest BCUT2D eigenvalue weighted by Gasteiger charge is 2.30. The van der Waals surface area contributed by atoms with Crippen LogP contribution in [0, 0.1) is 0 Å². The van der Waals surface area contributed by atoms with E-state index in [4.69, 9.17) is 4.42 Å². The van der Waals surface area contributed by atoms with Gasteiger partial charge in [0, 0.05) is 17.2 Å². The zero-order chi connectivity index (χ0) is 20.9. The SMILES string of the molecule is c1ccc(-c2nnn(CCCCCSc3nnc(C4CC4)n3Cc3ccco3)n2)cc1. The van der Waals surface area contributed by atoms with E-state index in [1.54, 1.807) is 22.8 Å². The fourth-order valence-corrected chi connectivity index (χ4v) is 4.44. The Kier molecular flexibility index (Phi) is 6.10. The average molecular weight is 436 g/mol. The van der Waals surface area contributed by atoms with Gasteiger partial charge < -0.3 is 4.42 Å². The fraction of sp³-hybridized carbons (Fsp3) is 0.409. The van der Waals surface area contributed by atoms with Crippen LogP contribution < -0.4 is 0 Å². The van der Waals surface area contributed by atoms with Crippen molar-refractivity contribution in [1.82, 2.24) is 35.0 Å². The molecule has 9 heteroatoms. The molecule has 0 aliphatic heterocycles. The van der Waals surface area contributed by atoms with Crippen molar-refractivity contribution in [2.75, 3.05) is 5.75 Å². The van der Waals surface area contributed by atoms with Gasteiger partial charge in [0.2, 0.25) is 5.82 Å². The molecule has 3 heterocycles. The largest absolute Gasteiger partial charge is 0.467 e. The molecule has 0 spiro atoms. The third-order valence-corrected chi connectivity index (χ3v) is 6.35. The van der Waals surface area contributed by atoms with Gasteiger partial charge in [0.1, 0.15) is 11.6 Å². The standard InChI is InChI=1S/C22H25N7OS/c1-3-8-17(9-4-1)20-23-27-29(26-20)13-5-2-6-15-31-22-25-24-21(18-11-12-18)28(22)16-19-10-7-14-30-19/h1,3-4,7-10,14,18H,2,5-6,11-13,15-16H2. The van der Waals surface area contributed by atoms with Crippen LogP contribution >= 0.6 is 11.8 Å². The maximum absolute atomic E-state index is 5.54. The third-order valence-electron chi connectivity index (χ3n) is 5.30. The number of benzene rings is 1. The van der Waals surface area contributed by atoms with Crippen molar-refractivity contribution in [3.8, 4) is 11.4 Å². The van der Waals surface area contributed by atoms with Gasteiger partial charge in [-0.1, -0.05) is 48.5 Å². The van der Waals surface area contributed by atoms with Crippen LogP contribution in [0.4, 0.5) is 0 Å². The first-order valence-electron chi connectivity index (χ1n) is 10.8. The number of hydrogen-bond acceptors (Lipinski definition) is 7. The van der Waals surface area contributed by atoms with E-state index < -0.39 is 0 Å². The Balaban J connectivity index is 1.08. The molecule has 1 aromatic carbocycles. The third kappa shape index (κ3) is 5.04. The monoisotopic (exact) mass is 435 g/mol. The number of thioether (sulfide) groups is 1. The minimum absolute atomic E-state index is 0.563. The van der Waals surface area contributed by atoms with Gasteiger partial charge in [0.15, 0.2) is 5.16 Å². The Labute approximate surface area is 185 Å². The lowest BCUT2D eigenvalue weighted by Crippen LogP contribution is -2.05. The summed E-state index contributed by atoms with van der Waals surface area (Å²) < 4.78 is 7.77. The molecule has 160 valence electrons. The lowest BCUT2D eigenvalue weighted by Gasteiger charge is -2.08. The Bertz CT molecular complexity index is 1090. The van der Waals surface area contributed by atoms with Crippen molar-refractivity contribution in [3.63, 3.8) is 0 Å². The maximum atomic E-state index is 5.54. The molecule has 0 atom stereocenters. The molecule has 1 aliphatic carbocycles. The van der Waals surface area contributed by atoms with Crippen molar-refractivity contribution >= 4 is 11.8 Å².